The van der Waals surface area contributed by atoms with Gasteiger partial charge in [0, 0.05) is 12.4 Å². The van der Waals surface area contributed by atoms with Crippen molar-refractivity contribution in [1.29, 1.82) is 0 Å². The van der Waals surface area contributed by atoms with Crippen LogP contribution >= 0.6 is 7.60 Å². The molecule has 18 heavy (non-hydrogen) atoms. The lowest BCUT2D eigenvalue weighted by molar-refractivity contribution is 0.0747. The lowest BCUT2D eigenvalue weighted by atomic mass is 10.4. The molecule has 0 radical (unpaired) electrons. The molecule has 4 N–H and O–H groups in total. The van der Waals surface area contributed by atoms with Gasteiger partial charge in [-0.25, -0.2) is 9.78 Å². The number of aromatic nitrogens is 2. The Labute approximate surface area is 105 Å². The van der Waals surface area contributed by atoms with E-state index >= 15 is 0 Å². The number of hydrogen-bond donors (Lipinski definition) is 3. The maximum atomic E-state index is 11.2. The van der Waals surface area contributed by atoms with Crippen molar-refractivity contribution in [2.45, 2.75) is 19.6 Å². The molecule has 0 saturated heterocycles. The van der Waals surface area contributed by atoms with E-state index in [9.17, 15) is 9.36 Å². The molecule has 0 bridgehead atoms. The van der Waals surface area contributed by atoms with E-state index in [0.717, 1.165) is 0 Å². The van der Waals surface area contributed by atoms with Crippen molar-refractivity contribution in [3.8, 4) is 0 Å². The fraction of sp³-hybridized carbons (Fsp3) is 0.556. The molecule has 0 saturated carbocycles. The van der Waals surface area contributed by atoms with Gasteiger partial charge in [0.2, 0.25) is 0 Å². The molecule has 1 heterocycles. The van der Waals surface area contributed by atoms with E-state index in [2.05, 4.69) is 10.7 Å². The predicted octanol–water partition coefficient (Wildman–Crippen LogP) is -0.642. The number of nitrogens with two attached hydrogens (primary N) is 1. The van der Waals surface area contributed by atoms with Crippen LogP contribution in [0.2, 0.25) is 0 Å². The van der Waals surface area contributed by atoms with Crippen molar-refractivity contribution < 1.29 is 19.1 Å². The van der Waals surface area contributed by atoms with Gasteiger partial charge in [-0.2, -0.15) is 0 Å². The molecule has 8 nitrogen and oxygen atoms in total. The smallest absolute Gasteiger partial charge is 0.350 e. The Balaban J connectivity index is 0.00000137. The van der Waals surface area contributed by atoms with Crippen LogP contribution in [0.25, 0.3) is 0 Å². The van der Waals surface area contributed by atoms with Gasteiger partial charge in [-0.05, 0) is 20.0 Å². The van der Waals surface area contributed by atoms with Crippen LogP contribution in [0.5, 0.6) is 0 Å². The standard InChI is InChI=1S/C8H13N2O5P.CH5N/c1-7(15-6-16(12,13)14)5-10-4-2-3-9-8(10)11;1-2/h2-4,7H,5-6H2,1H3,(H2,12,13,14);2H2,1H3/t7-;/m1./s1. The summed E-state index contributed by atoms with van der Waals surface area (Å²) in [7, 11) is -2.66. The number of ether oxygens (including phenoxy) is 1. The largest absolute Gasteiger partial charge is 0.364 e. The highest BCUT2D eigenvalue weighted by molar-refractivity contribution is 7.51. The van der Waals surface area contributed by atoms with Crippen LogP contribution in [0, 0.1) is 0 Å². The summed E-state index contributed by atoms with van der Waals surface area (Å²) in [4.78, 5) is 31.9. The number of nitrogens with zero attached hydrogens (tertiary/aromatic N) is 2. The SMILES string of the molecule is CN.C[C@H](Cn1cccnc1=O)OCP(=O)(O)O. The number of hydrogen-bond acceptors (Lipinski definition) is 5. The molecular formula is C9H18N3O5P. The zero-order valence-corrected chi connectivity index (χ0v) is 11.2. The summed E-state index contributed by atoms with van der Waals surface area (Å²) in [5, 5.41) is 0. The summed E-state index contributed by atoms with van der Waals surface area (Å²) >= 11 is 0. The first-order valence-electron chi connectivity index (χ1n) is 5.14. The van der Waals surface area contributed by atoms with Gasteiger partial charge in [-0.15, -0.1) is 0 Å². The monoisotopic (exact) mass is 279 g/mol. The molecule has 104 valence electrons. The van der Waals surface area contributed by atoms with E-state index in [1.165, 1.54) is 24.0 Å². The molecule has 0 aliphatic carbocycles. The van der Waals surface area contributed by atoms with Crippen molar-refractivity contribution in [1.82, 2.24) is 9.55 Å². The van der Waals surface area contributed by atoms with Crippen molar-refractivity contribution in [2.24, 2.45) is 5.73 Å². The zero-order valence-electron chi connectivity index (χ0n) is 10.3. The Bertz CT molecular complexity index is 444. The summed E-state index contributed by atoms with van der Waals surface area (Å²) < 4.78 is 16.8. The predicted molar refractivity (Wildman–Crippen MR) is 66.1 cm³/mol. The Morgan fingerprint density at radius 2 is 2.17 bits per heavy atom. The molecule has 1 aromatic rings. The van der Waals surface area contributed by atoms with Crippen molar-refractivity contribution in [3.63, 3.8) is 0 Å². The summed E-state index contributed by atoms with van der Waals surface area (Å²) in [6, 6.07) is 1.59. The Kier molecular flexibility index (Phi) is 7.65. The fourth-order valence-electron chi connectivity index (χ4n) is 1.08. The lowest BCUT2D eigenvalue weighted by Gasteiger charge is -2.14. The van der Waals surface area contributed by atoms with Crippen LogP contribution in [-0.2, 0) is 15.8 Å². The van der Waals surface area contributed by atoms with E-state index in [-0.39, 0.29) is 6.54 Å². The molecule has 9 heteroatoms. The first-order chi connectivity index (χ1) is 8.38. The molecular weight excluding hydrogens is 261 g/mol. The van der Waals surface area contributed by atoms with E-state index in [0.29, 0.717) is 0 Å². The van der Waals surface area contributed by atoms with Gasteiger partial charge < -0.3 is 20.3 Å². The molecule has 1 atom stereocenters. The minimum atomic E-state index is -4.16. The maximum absolute atomic E-state index is 11.2. The molecule has 0 spiro atoms. The molecule has 0 unspecified atom stereocenters. The van der Waals surface area contributed by atoms with Crippen LogP contribution in [0.15, 0.2) is 23.3 Å². The third-order valence-electron chi connectivity index (χ3n) is 1.76. The molecule has 0 aliphatic rings. The molecule has 1 aromatic heterocycles. The highest BCUT2D eigenvalue weighted by atomic mass is 31.2. The van der Waals surface area contributed by atoms with Crippen LogP contribution in [0.1, 0.15) is 6.92 Å². The fourth-order valence-corrected chi connectivity index (χ4v) is 1.53. The van der Waals surface area contributed by atoms with Gasteiger partial charge in [0.1, 0.15) is 6.35 Å². The summed E-state index contributed by atoms with van der Waals surface area (Å²) in [6.07, 6.45) is 1.78. The van der Waals surface area contributed by atoms with Crippen LogP contribution in [0.3, 0.4) is 0 Å². The van der Waals surface area contributed by atoms with E-state index in [4.69, 9.17) is 14.5 Å². The Morgan fingerprint density at radius 1 is 1.56 bits per heavy atom. The topological polar surface area (TPSA) is 128 Å². The van der Waals surface area contributed by atoms with Crippen LogP contribution < -0.4 is 11.4 Å². The summed E-state index contributed by atoms with van der Waals surface area (Å²) in [5.74, 6) is 0. The van der Waals surface area contributed by atoms with Crippen LogP contribution in [0.4, 0.5) is 0 Å². The van der Waals surface area contributed by atoms with Gasteiger partial charge in [0.05, 0.1) is 12.6 Å². The highest BCUT2D eigenvalue weighted by Gasteiger charge is 2.15. The third kappa shape index (κ3) is 7.31. The average molecular weight is 279 g/mol. The van der Waals surface area contributed by atoms with Gasteiger partial charge in [0.15, 0.2) is 0 Å². The Morgan fingerprint density at radius 3 is 2.67 bits per heavy atom. The number of rotatable bonds is 5. The molecule has 1 rings (SSSR count). The summed E-state index contributed by atoms with van der Waals surface area (Å²) in [6.45, 7) is 1.82. The van der Waals surface area contributed by atoms with Gasteiger partial charge in [-0.1, -0.05) is 0 Å². The van der Waals surface area contributed by atoms with Gasteiger partial charge in [0.25, 0.3) is 0 Å². The molecule has 0 amide bonds. The second kappa shape index (κ2) is 8.12. The lowest BCUT2D eigenvalue weighted by Crippen LogP contribution is -2.27. The molecule has 0 fully saturated rings. The van der Waals surface area contributed by atoms with E-state index in [1.54, 1.807) is 13.0 Å². The third-order valence-corrected chi connectivity index (χ3v) is 2.25. The second-order valence-corrected chi connectivity index (χ2v) is 4.91. The van der Waals surface area contributed by atoms with E-state index < -0.39 is 25.7 Å². The van der Waals surface area contributed by atoms with Gasteiger partial charge >= 0.3 is 13.3 Å². The van der Waals surface area contributed by atoms with Gasteiger partial charge in [-0.3, -0.25) is 9.13 Å². The second-order valence-electron chi connectivity index (χ2n) is 3.33. The van der Waals surface area contributed by atoms with Crippen LogP contribution in [-0.4, -0.2) is 38.8 Å². The Hall–Kier alpha value is -1.05. The maximum Gasteiger partial charge on any atom is 0.350 e. The van der Waals surface area contributed by atoms with E-state index in [1.807, 2.05) is 0 Å². The minimum absolute atomic E-state index is 0.201. The molecule has 0 aliphatic heterocycles. The highest BCUT2D eigenvalue weighted by Crippen LogP contribution is 2.34. The normalized spacial score (nSPS) is 12.5. The zero-order chi connectivity index (χ0) is 14.2. The molecule has 0 aromatic carbocycles. The first-order valence-corrected chi connectivity index (χ1v) is 6.93. The average Bonchev–Trinajstić information content (AvgIpc) is 2.31. The van der Waals surface area contributed by atoms with Crippen molar-refractivity contribution in [2.75, 3.05) is 13.4 Å². The first kappa shape index (κ1) is 16.9. The van der Waals surface area contributed by atoms with Crippen molar-refractivity contribution >= 4 is 7.60 Å². The summed E-state index contributed by atoms with van der Waals surface area (Å²) in [5.41, 5.74) is 4.08. The minimum Gasteiger partial charge on any atom is -0.364 e. The van der Waals surface area contributed by atoms with Crippen molar-refractivity contribution in [3.05, 3.63) is 28.9 Å². The quantitative estimate of drug-likeness (QED) is 0.611.